The Kier molecular flexibility index (Phi) is 12.5. The zero-order valence-electron chi connectivity index (χ0n) is 26.4. The zero-order valence-corrected chi connectivity index (χ0v) is 28.9. The van der Waals surface area contributed by atoms with E-state index < -0.39 is 5.97 Å². The number of nitrogens with one attached hydrogen (secondary N) is 1. The molecule has 1 N–H and O–H groups in total. The maximum Gasteiger partial charge on any atom is 0.341 e. The van der Waals surface area contributed by atoms with Crippen molar-refractivity contribution >= 4 is 58.2 Å². The van der Waals surface area contributed by atoms with Crippen LogP contribution in [-0.2, 0) is 9.53 Å². The predicted molar refractivity (Wildman–Crippen MR) is 188 cm³/mol. The molecule has 2 aromatic carbocycles. The van der Waals surface area contributed by atoms with Crippen LogP contribution in [0.5, 0.6) is 11.5 Å². The van der Waals surface area contributed by atoms with Gasteiger partial charge in [0.15, 0.2) is 16.7 Å². The first kappa shape index (κ1) is 34.9. The molecule has 0 saturated heterocycles. The maximum atomic E-state index is 13.8. The molecule has 5 rings (SSSR count). The molecular formula is C34H37N3O6S3. The molecule has 2 aromatic heterocycles. The Balaban J connectivity index is 0.00000235. The van der Waals surface area contributed by atoms with Crippen LogP contribution in [0.1, 0.15) is 56.0 Å². The average Bonchev–Trinajstić information content (AvgIpc) is 3.75. The van der Waals surface area contributed by atoms with Crippen LogP contribution in [0.15, 0.2) is 75.0 Å². The van der Waals surface area contributed by atoms with Crippen molar-refractivity contribution in [2.45, 2.75) is 50.2 Å². The summed E-state index contributed by atoms with van der Waals surface area (Å²) in [5, 5.41) is 5.68. The first-order valence-corrected chi connectivity index (χ1v) is 17.2. The van der Waals surface area contributed by atoms with Crippen molar-refractivity contribution in [2.75, 3.05) is 31.9 Å². The lowest BCUT2D eigenvalue weighted by molar-refractivity contribution is -0.113. The summed E-state index contributed by atoms with van der Waals surface area (Å²) in [4.78, 5) is 44.8. The average molecular weight is 680 g/mol. The summed E-state index contributed by atoms with van der Waals surface area (Å²) in [6.45, 7) is 5.89. The first-order valence-electron chi connectivity index (χ1n) is 14.9. The highest BCUT2D eigenvalue weighted by Crippen LogP contribution is 2.40. The van der Waals surface area contributed by atoms with Gasteiger partial charge in [-0.1, -0.05) is 56.0 Å². The van der Waals surface area contributed by atoms with Crippen molar-refractivity contribution < 1.29 is 23.8 Å². The number of amides is 1. The topological polar surface area (TPSA) is 109 Å². The molecule has 0 unspecified atom stereocenters. The number of benzene rings is 2. The molecule has 9 nitrogen and oxygen atoms in total. The number of esters is 1. The standard InChI is InChI=1S/C32H31N3O6S3.C2H6/c1-4-41-31(38)27-22(20-14-15-23(39-2)24(16-20)40-3)17-43-29(27)33-25(36)18-44-32-34-28(42)26(19-10-8-9-11-19)30(37)35(32)21-12-6-5-7-13-21;1-2/h5-7,10,12-17,42H,4,8-9,11,18H2,1-3H3,(H,33,36);1-2H3. The quantitative estimate of drug-likeness (QED) is 0.0544. The van der Waals surface area contributed by atoms with Crippen molar-refractivity contribution in [1.29, 1.82) is 0 Å². The molecule has 242 valence electrons. The number of para-hydroxylation sites is 1. The van der Waals surface area contributed by atoms with E-state index in [9.17, 15) is 14.4 Å². The van der Waals surface area contributed by atoms with E-state index in [1.54, 1.807) is 31.5 Å². The molecule has 0 spiro atoms. The number of anilines is 1. The van der Waals surface area contributed by atoms with Crippen molar-refractivity contribution in [3.8, 4) is 28.3 Å². The van der Waals surface area contributed by atoms with Gasteiger partial charge in [-0.05, 0) is 61.6 Å². The Hall–Kier alpha value is -4.00. The third-order valence-corrected chi connectivity index (χ3v) is 9.12. The smallest absolute Gasteiger partial charge is 0.341 e. The van der Waals surface area contributed by atoms with Gasteiger partial charge in [-0.15, -0.1) is 24.0 Å². The van der Waals surface area contributed by atoms with E-state index in [0.29, 0.717) is 49.1 Å². The normalized spacial score (nSPS) is 12.1. The van der Waals surface area contributed by atoms with Crippen LogP contribution in [0.2, 0.25) is 0 Å². The maximum absolute atomic E-state index is 13.8. The zero-order chi connectivity index (χ0) is 33.2. The molecule has 1 amide bonds. The van der Waals surface area contributed by atoms with Gasteiger partial charge in [0.05, 0.1) is 37.8 Å². The second-order valence-corrected chi connectivity index (χ2v) is 11.9. The highest BCUT2D eigenvalue weighted by atomic mass is 32.2. The van der Waals surface area contributed by atoms with Gasteiger partial charge < -0.3 is 19.5 Å². The van der Waals surface area contributed by atoms with Crippen LogP contribution in [0, 0.1) is 0 Å². The summed E-state index contributed by atoms with van der Waals surface area (Å²) in [6, 6.07) is 14.5. The van der Waals surface area contributed by atoms with E-state index >= 15 is 0 Å². The molecule has 0 radical (unpaired) electrons. The van der Waals surface area contributed by atoms with E-state index in [-0.39, 0.29) is 29.4 Å². The van der Waals surface area contributed by atoms with E-state index in [2.05, 4.69) is 29.0 Å². The number of thioether (sulfide) groups is 1. The third kappa shape index (κ3) is 7.68. The van der Waals surface area contributed by atoms with Gasteiger partial charge in [0.2, 0.25) is 5.91 Å². The van der Waals surface area contributed by atoms with Crippen LogP contribution in [-0.4, -0.2) is 48.0 Å². The Morgan fingerprint density at radius 2 is 1.83 bits per heavy atom. The SMILES string of the molecule is CC.CCOC(=O)c1c(-c2ccc(OC)c(OC)c2)csc1NC(=O)CSc1nc(S)c(C2=CCCC2)c(=O)n1-c1ccccc1. The van der Waals surface area contributed by atoms with Gasteiger partial charge in [0.25, 0.3) is 5.56 Å². The molecule has 12 heteroatoms. The van der Waals surface area contributed by atoms with Crippen molar-refractivity contribution in [2.24, 2.45) is 0 Å². The number of carbonyl (C=O) groups excluding carboxylic acids is 2. The van der Waals surface area contributed by atoms with Crippen molar-refractivity contribution in [1.82, 2.24) is 9.55 Å². The number of methoxy groups -OCH3 is 2. The second-order valence-electron chi connectivity index (χ2n) is 9.67. The monoisotopic (exact) mass is 679 g/mol. The van der Waals surface area contributed by atoms with E-state index in [0.717, 1.165) is 36.6 Å². The summed E-state index contributed by atoms with van der Waals surface area (Å²) in [6.07, 6.45) is 4.75. The number of thiophene rings is 1. The van der Waals surface area contributed by atoms with Crippen LogP contribution in [0.4, 0.5) is 5.00 Å². The van der Waals surface area contributed by atoms with E-state index in [1.165, 1.54) is 23.0 Å². The number of aromatic nitrogens is 2. The summed E-state index contributed by atoms with van der Waals surface area (Å²) in [7, 11) is 3.08. The Bertz CT molecular complexity index is 1780. The molecule has 1 aliphatic rings. The number of ether oxygens (including phenoxy) is 3. The van der Waals surface area contributed by atoms with E-state index in [4.69, 9.17) is 14.2 Å². The molecule has 4 aromatic rings. The lowest BCUT2D eigenvalue weighted by Gasteiger charge is -2.16. The van der Waals surface area contributed by atoms with Gasteiger partial charge in [-0.3, -0.25) is 14.2 Å². The fraction of sp³-hybridized carbons (Fsp3) is 0.294. The number of carbonyl (C=O) groups is 2. The fourth-order valence-corrected chi connectivity index (χ4v) is 7.12. The minimum absolute atomic E-state index is 0.0691. The molecule has 46 heavy (non-hydrogen) atoms. The molecule has 1 aliphatic carbocycles. The molecule has 0 bridgehead atoms. The van der Waals surface area contributed by atoms with Crippen molar-refractivity contribution in [3.05, 3.63) is 81.5 Å². The van der Waals surface area contributed by atoms with Crippen LogP contribution < -0.4 is 20.3 Å². The molecule has 0 saturated carbocycles. The fourth-order valence-electron chi connectivity index (χ4n) is 4.94. The highest BCUT2D eigenvalue weighted by Gasteiger charge is 2.25. The number of thiol groups is 1. The number of hydrogen-bond donors (Lipinski definition) is 2. The molecular weight excluding hydrogens is 643 g/mol. The number of allylic oxidation sites excluding steroid dienone is 2. The van der Waals surface area contributed by atoms with Crippen LogP contribution >= 0.6 is 35.7 Å². The number of nitrogens with zero attached hydrogens (tertiary/aromatic N) is 2. The lowest BCUT2D eigenvalue weighted by atomic mass is 10.0. The lowest BCUT2D eigenvalue weighted by Crippen LogP contribution is -2.26. The number of hydrogen-bond acceptors (Lipinski definition) is 10. The molecule has 2 heterocycles. The Morgan fingerprint density at radius 3 is 2.48 bits per heavy atom. The Labute approximate surface area is 282 Å². The van der Waals surface area contributed by atoms with E-state index in [1.807, 2.05) is 50.2 Å². The van der Waals surface area contributed by atoms with Gasteiger partial charge in [0, 0.05) is 10.9 Å². The second kappa shape index (κ2) is 16.5. The highest BCUT2D eigenvalue weighted by molar-refractivity contribution is 7.99. The summed E-state index contributed by atoms with van der Waals surface area (Å²) in [5.41, 5.74) is 3.39. The molecule has 0 atom stereocenters. The van der Waals surface area contributed by atoms with Gasteiger partial charge in [0.1, 0.15) is 15.6 Å². The van der Waals surface area contributed by atoms with Gasteiger partial charge in [-0.2, -0.15) is 0 Å². The minimum atomic E-state index is -0.558. The third-order valence-electron chi connectivity index (χ3n) is 6.96. The largest absolute Gasteiger partial charge is 0.493 e. The Morgan fingerprint density at radius 1 is 1.09 bits per heavy atom. The summed E-state index contributed by atoms with van der Waals surface area (Å²) in [5.74, 6) is 0.0508. The first-order chi connectivity index (χ1) is 22.4. The van der Waals surface area contributed by atoms with Crippen LogP contribution in [0.3, 0.4) is 0 Å². The predicted octanol–water partition coefficient (Wildman–Crippen LogP) is 7.77. The summed E-state index contributed by atoms with van der Waals surface area (Å²) >= 11 is 6.90. The molecule has 0 fully saturated rings. The minimum Gasteiger partial charge on any atom is -0.493 e. The van der Waals surface area contributed by atoms with Gasteiger partial charge in [-0.25, -0.2) is 9.78 Å². The molecule has 0 aliphatic heterocycles. The van der Waals surface area contributed by atoms with Gasteiger partial charge >= 0.3 is 5.97 Å². The van der Waals surface area contributed by atoms with Crippen molar-refractivity contribution in [3.63, 3.8) is 0 Å². The summed E-state index contributed by atoms with van der Waals surface area (Å²) < 4.78 is 17.6. The van der Waals surface area contributed by atoms with Crippen LogP contribution in [0.25, 0.3) is 22.4 Å². The number of rotatable bonds is 11.